The summed E-state index contributed by atoms with van der Waals surface area (Å²) in [5.41, 5.74) is 0.236. The quantitative estimate of drug-likeness (QED) is 0.856. The van der Waals surface area contributed by atoms with Gasteiger partial charge in [-0.15, -0.1) is 0 Å². The maximum Gasteiger partial charge on any atom is 0.280 e. The molecule has 96 valence electrons. The molecule has 1 atom stereocenters. The lowest BCUT2D eigenvalue weighted by molar-refractivity contribution is 0.0247. The summed E-state index contributed by atoms with van der Waals surface area (Å²) in [6, 6.07) is 1.32. The zero-order valence-electron chi connectivity index (χ0n) is 9.38. The molecule has 0 spiro atoms. The van der Waals surface area contributed by atoms with Gasteiger partial charge in [-0.2, -0.15) is 14.6 Å². The van der Waals surface area contributed by atoms with Gasteiger partial charge in [-0.25, -0.2) is 13.8 Å². The van der Waals surface area contributed by atoms with Crippen LogP contribution in [0.5, 0.6) is 0 Å². The number of rotatable bonds is 2. The lowest BCUT2D eigenvalue weighted by atomic mass is 10.2. The molecular weight excluding hydrogens is 244 g/mol. The average molecular weight is 255 g/mol. The van der Waals surface area contributed by atoms with Crippen molar-refractivity contribution in [2.45, 2.75) is 12.5 Å². The number of halogens is 2. The third-order valence-corrected chi connectivity index (χ3v) is 2.78. The molecule has 2 aromatic heterocycles. The first-order chi connectivity index (χ1) is 8.75. The van der Waals surface area contributed by atoms with Gasteiger partial charge in [0, 0.05) is 13.1 Å². The fourth-order valence-corrected chi connectivity index (χ4v) is 1.93. The molecule has 2 aromatic rings. The van der Waals surface area contributed by atoms with E-state index in [1.54, 1.807) is 0 Å². The second kappa shape index (κ2) is 4.54. The highest BCUT2D eigenvalue weighted by Crippen LogP contribution is 2.24. The van der Waals surface area contributed by atoms with Crippen LogP contribution in [-0.2, 0) is 4.74 Å². The predicted octanol–water partition coefficient (Wildman–Crippen LogP) is 0.723. The zero-order chi connectivity index (χ0) is 12.5. The van der Waals surface area contributed by atoms with Gasteiger partial charge >= 0.3 is 0 Å². The van der Waals surface area contributed by atoms with Gasteiger partial charge in [-0.1, -0.05) is 0 Å². The van der Waals surface area contributed by atoms with Crippen LogP contribution in [0.1, 0.15) is 23.9 Å². The number of ether oxygens (including phenoxy) is 1. The summed E-state index contributed by atoms with van der Waals surface area (Å²) in [7, 11) is 0. The molecule has 3 heterocycles. The molecule has 0 aromatic carbocycles. The van der Waals surface area contributed by atoms with Crippen molar-refractivity contribution in [3.05, 3.63) is 23.8 Å². The van der Waals surface area contributed by atoms with E-state index in [4.69, 9.17) is 4.74 Å². The Morgan fingerprint density at radius 2 is 2.39 bits per heavy atom. The molecule has 1 fully saturated rings. The van der Waals surface area contributed by atoms with E-state index in [2.05, 4.69) is 20.4 Å². The number of aromatic nitrogens is 4. The van der Waals surface area contributed by atoms with Gasteiger partial charge < -0.3 is 10.1 Å². The van der Waals surface area contributed by atoms with Gasteiger partial charge in [0.1, 0.15) is 18.1 Å². The minimum absolute atomic E-state index is 0.164. The first-order valence-electron chi connectivity index (χ1n) is 5.57. The van der Waals surface area contributed by atoms with Gasteiger partial charge in [0.05, 0.1) is 12.3 Å². The van der Waals surface area contributed by atoms with Crippen LogP contribution in [0.3, 0.4) is 0 Å². The molecule has 3 rings (SSSR count). The van der Waals surface area contributed by atoms with E-state index in [9.17, 15) is 8.78 Å². The van der Waals surface area contributed by atoms with E-state index in [-0.39, 0.29) is 17.6 Å². The summed E-state index contributed by atoms with van der Waals surface area (Å²) in [6.45, 7) is 1.85. The first kappa shape index (κ1) is 11.4. The van der Waals surface area contributed by atoms with E-state index in [0.29, 0.717) is 18.8 Å². The van der Waals surface area contributed by atoms with Crippen molar-refractivity contribution < 1.29 is 13.5 Å². The summed E-state index contributed by atoms with van der Waals surface area (Å²) in [5, 5.41) is 6.86. The molecule has 1 aliphatic rings. The van der Waals surface area contributed by atoms with E-state index in [1.165, 1.54) is 12.4 Å². The summed E-state index contributed by atoms with van der Waals surface area (Å²) in [6.07, 6.45) is -1.75. The smallest absolute Gasteiger partial charge is 0.280 e. The van der Waals surface area contributed by atoms with Crippen LogP contribution < -0.4 is 5.32 Å². The minimum atomic E-state index is -2.63. The highest BCUT2D eigenvalue weighted by Gasteiger charge is 2.22. The molecule has 1 saturated heterocycles. The Balaban J connectivity index is 2.06. The molecule has 1 unspecified atom stereocenters. The number of alkyl halides is 2. The van der Waals surface area contributed by atoms with Gasteiger partial charge in [0.15, 0.2) is 0 Å². The fraction of sp³-hybridized carbons (Fsp3) is 0.500. The molecule has 0 amide bonds. The van der Waals surface area contributed by atoms with Gasteiger partial charge in [0.25, 0.3) is 12.2 Å². The third kappa shape index (κ3) is 1.93. The first-order valence-corrected chi connectivity index (χ1v) is 5.57. The largest absolute Gasteiger partial charge is 0.369 e. The summed E-state index contributed by atoms with van der Waals surface area (Å²) < 4.78 is 32.4. The van der Waals surface area contributed by atoms with Crippen molar-refractivity contribution in [3.8, 4) is 0 Å². The fourth-order valence-electron chi connectivity index (χ4n) is 1.93. The maximum atomic E-state index is 12.9. The Hall–Kier alpha value is -1.67. The van der Waals surface area contributed by atoms with E-state index >= 15 is 0 Å². The highest BCUT2D eigenvalue weighted by molar-refractivity contribution is 5.31. The number of nitrogens with zero attached hydrogens (tertiary/aromatic N) is 4. The van der Waals surface area contributed by atoms with Crippen LogP contribution in [-0.4, -0.2) is 39.3 Å². The topological polar surface area (TPSA) is 64.3 Å². The summed E-state index contributed by atoms with van der Waals surface area (Å²) >= 11 is 0. The van der Waals surface area contributed by atoms with E-state index in [0.717, 1.165) is 11.1 Å². The van der Waals surface area contributed by atoms with Crippen LogP contribution in [0.25, 0.3) is 5.78 Å². The van der Waals surface area contributed by atoms with Crippen LogP contribution in [0.2, 0.25) is 0 Å². The number of fused-ring (bicyclic) bond motifs is 1. The summed E-state index contributed by atoms with van der Waals surface area (Å²) in [5.74, 6) is 0.164. The molecule has 0 aliphatic carbocycles. The molecule has 18 heavy (non-hydrogen) atoms. The van der Waals surface area contributed by atoms with Crippen molar-refractivity contribution in [3.63, 3.8) is 0 Å². The van der Waals surface area contributed by atoms with Crippen LogP contribution >= 0.6 is 0 Å². The molecule has 0 radical (unpaired) electrons. The Kier molecular flexibility index (Phi) is 2.88. The average Bonchev–Trinajstić information content (AvgIpc) is 2.86. The number of morpholine rings is 1. The molecule has 0 bridgehead atoms. The Morgan fingerprint density at radius 1 is 1.50 bits per heavy atom. The van der Waals surface area contributed by atoms with Gasteiger partial charge in [-0.3, -0.25) is 0 Å². The molecule has 6 nitrogen and oxygen atoms in total. The van der Waals surface area contributed by atoms with Crippen molar-refractivity contribution in [1.29, 1.82) is 0 Å². The second-order valence-electron chi connectivity index (χ2n) is 3.94. The van der Waals surface area contributed by atoms with Crippen LogP contribution in [0, 0.1) is 0 Å². The molecule has 8 heteroatoms. The van der Waals surface area contributed by atoms with E-state index in [1.807, 2.05) is 0 Å². The standard InChI is InChI=1S/C10H11F2N5O/c11-9(12)7-3-6(8-4-13-1-2-18-8)16-10-14-5-15-17(7)10/h3,5,8-9,13H,1-2,4H2. The zero-order valence-corrected chi connectivity index (χ0v) is 9.38. The highest BCUT2D eigenvalue weighted by atomic mass is 19.3. The summed E-state index contributed by atoms with van der Waals surface area (Å²) in [4.78, 5) is 8.04. The third-order valence-electron chi connectivity index (χ3n) is 2.78. The molecule has 0 saturated carbocycles. The lowest BCUT2D eigenvalue weighted by Gasteiger charge is -2.23. The van der Waals surface area contributed by atoms with Crippen LogP contribution in [0.15, 0.2) is 12.4 Å². The number of hydrogen-bond donors (Lipinski definition) is 1. The second-order valence-corrected chi connectivity index (χ2v) is 3.94. The van der Waals surface area contributed by atoms with Crippen molar-refractivity contribution >= 4 is 5.78 Å². The maximum absolute atomic E-state index is 12.9. The van der Waals surface area contributed by atoms with Crippen molar-refractivity contribution in [2.24, 2.45) is 0 Å². The lowest BCUT2D eigenvalue weighted by Crippen LogP contribution is -2.34. The predicted molar refractivity (Wildman–Crippen MR) is 57.3 cm³/mol. The normalized spacial score (nSPS) is 20.7. The molecule has 1 N–H and O–H groups in total. The van der Waals surface area contributed by atoms with E-state index < -0.39 is 6.43 Å². The minimum Gasteiger partial charge on any atom is -0.369 e. The van der Waals surface area contributed by atoms with Crippen molar-refractivity contribution in [1.82, 2.24) is 24.9 Å². The van der Waals surface area contributed by atoms with Crippen molar-refractivity contribution in [2.75, 3.05) is 19.7 Å². The molecule has 1 aliphatic heterocycles. The van der Waals surface area contributed by atoms with Gasteiger partial charge in [0.2, 0.25) is 0 Å². The molecular formula is C10H11F2N5O. The Labute approximate surface area is 101 Å². The van der Waals surface area contributed by atoms with Crippen LogP contribution in [0.4, 0.5) is 8.78 Å². The monoisotopic (exact) mass is 255 g/mol. The van der Waals surface area contributed by atoms with Gasteiger partial charge in [-0.05, 0) is 6.07 Å². The number of hydrogen-bond acceptors (Lipinski definition) is 5. The Morgan fingerprint density at radius 3 is 3.11 bits per heavy atom. The SMILES string of the molecule is FC(F)c1cc(C2CNCCO2)nc2ncnn12. The number of nitrogens with one attached hydrogen (secondary N) is 1. The Bertz CT molecular complexity index is 552.